The summed E-state index contributed by atoms with van der Waals surface area (Å²) in [5.74, 6) is 0.494. The van der Waals surface area contributed by atoms with Gasteiger partial charge in [-0.15, -0.1) is 0 Å². The van der Waals surface area contributed by atoms with Gasteiger partial charge in [-0.1, -0.05) is 25.8 Å². The third-order valence-corrected chi connectivity index (χ3v) is 4.48. The monoisotopic (exact) mass is 311 g/mol. The first-order valence-electron chi connectivity index (χ1n) is 6.35. The zero-order chi connectivity index (χ0) is 13.1. The van der Waals surface area contributed by atoms with Gasteiger partial charge in [-0.3, -0.25) is 0 Å². The molecule has 98 valence electrons. The average Bonchev–Trinajstić information content (AvgIpc) is 2.71. The Kier molecular flexibility index (Phi) is 4.27. The van der Waals surface area contributed by atoms with E-state index in [1.54, 1.807) is 6.07 Å². The summed E-state index contributed by atoms with van der Waals surface area (Å²) in [7, 11) is 0. The van der Waals surface area contributed by atoms with Gasteiger partial charge in [0.05, 0.1) is 5.56 Å². The third-order valence-electron chi connectivity index (χ3n) is 3.82. The van der Waals surface area contributed by atoms with Gasteiger partial charge in [0.2, 0.25) is 0 Å². The van der Waals surface area contributed by atoms with Crippen molar-refractivity contribution in [3.63, 3.8) is 0 Å². The Bertz CT molecular complexity index is 447. The fraction of sp³-hybridized carbons (Fsp3) is 0.500. The normalized spacial score (nSPS) is 23.0. The van der Waals surface area contributed by atoms with Crippen molar-refractivity contribution in [3.05, 3.63) is 28.2 Å². The Morgan fingerprint density at radius 2 is 2.28 bits per heavy atom. The number of carboxylic acids is 1. The van der Waals surface area contributed by atoms with Crippen molar-refractivity contribution in [2.45, 2.75) is 26.2 Å². The highest BCUT2D eigenvalue weighted by molar-refractivity contribution is 9.10. The van der Waals surface area contributed by atoms with Gasteiger partial charge < -0.3 is 10.4 Å². The van der Waals surface area contributed by atoms with Gasteiger partial charge in [0, 0.05) is 16.7 Å². The Balaban J connectivity index is 2.09. The maximum atomic E-state index is 11.2. The van der Waals surface area contributed by atoms with Gasteiger partial charge in [-0.25, -0.2) is 4.79 Å². The summed E-state index contributed by atoms with van der Waals surface area (Å²) in [6.45, 7) is 3.14. The number of benzene rings is 1. The van der Waals surface area contributed by atoms with E-state index in [0.29, 0.717) is 21.6 Å². The number of aromatic carboxylic acids is 1. The van der Waals surface area contributed by atoms with Gasteiger partial charge in [0.15, 0.2) is 0 Å². The third kappa shape index (κ3) is 2.86. The topological polar surface area (TPSA) is 49.3 Å². The summed E-state index contributed by atoms with van der Waals surface area (Å²) < 4.78 is 0.625. The Morgan fingerprint density at radius 1 is 1.50 bits per heavy atom. The summed E-state index contributed by atoms with van der Waals surface area (Å²) in [6, 6.07) is 5.44. The van der Waals surface area contributed by atoms with E-state index in [0.717, 1.165) is 12.5 Å². The van der Waals surface area contributed by atoms with Crippen LogP contribution in [0, 0.1) is 11.8 Å². The second-order valence-electron chi connectivity index (χ2n) is 5.02. The first-order chi connectivity index (χ1) is 8.59. The van der Waals surface area contributed by atoms with E-state index in [2.05, 4.69) is 28.2 Å². The second kappa shape index (κ2) is 5.74. The van der Waals surface area contributed by atoms with Crippen LogP contribution in [0.15, 0.2) is 22.7 Å². The van der Waals surface area contributed by atoms with Crippen LogP contribution in [-0.4, -0.2) is 17.6 Å². The number of nitrogens with one attached hydrogen (secondary N) is 1. The minimum Gasteiger partial charge on any atom is -0.478 e. The molecule has 2 unspecified atom stereocenters. The SMILES string of the molecule is CC1CCCC1CNc1cccc(Br)c1C(=O)O. The van der Waals surface area contributed by atoms with Crippen LogP contribution in [0.3, 0.4) is 0 Å². The number of carboxylic acid groups (broad SMARTS) is 1. The lowest BCUT2D eigenvalue weighted by molar-refractivity contribution is 0.0697. The van der Waals surface area contributed by atoms with Crippen molar-refractivity contribution in [1.82, 2.24) is 0 Å². The van der Waals surface area contributed by atoms with Crippen LogP contribution >= 0.6 is 15.9 Å². The van der Waals surface area contributed by atoms with E-state index in [1.165, 1.54) is 19.3 Å². The molecule has 1 aromatic rings. The molecule has 2 N–H and O–H groups in total. The maximum Gasteiger partial charge on any atom is 0.338 e. The zero-order valence-electron chi connectivity index (χ0n) is 10.4. The molecule has 0 amide bonds. The van der Waals surface area contributed by atoms with Crippen molar-refractivity contribution in [1.29, 1.82) is 0 Å². The van der Waals surface area contributed by atoms with Crippen LogP contribution in [0.1, 0.15) is 36.5 Å². The summed E-state index contributed by atoms with van der Waals surface area (Å²) in [6.07, 6.45) is 3.82. The van der Waals surface area contributed by atoms with Crippen molar-refractivity contribution in [2.75, 3.05) is 11.9 Å². The second-order valence-corrected chi connectivity index (χ2v) is 5.87. The summed E-state index contributed by atoms with van der Waals surface area (Å²) in [5.41, 5.74) is 1.03. The molecule has 3 nitrogen and oxygen atoms in total. The molecular formula is C14H18BrNO2. The molecule has 0 aromatic heterocycles. The maximum absolute atomic E-state index is 11.2. The molecule has 0 bridgehead atoms. The zero-order valence-corrected chi connectivity index (χ0v) is 12.0. The molecule has 2 atom stereocenters. The molecule has 0 aliphatic heterocycles. The molecule has 18 heavy (non-hydrogen) atoms. The fourth-order valence-electron chi connectivity index (χ4n) is 2.66. The fourth-order valence-corrected chi connectivity index (χ4v) is 3.19. The molecule has 0 saturated heterocycles. The average molecular weight is 312 g/mol. The number of anilines is 1. The predicted molar refractivity (Wildman–Crippen MR) is 76.1 cm³/mol. The van der Waals surface area contributed by atoms with Crippen molar-refractivity contribution in [3.8, 4) is 0 Å². The van der Waals surface area contributed by atoms with Crippen molar-refractivity contribution in [2.24, 2.45) is 11.8 Å². The highest BCUT2D eigenvalue weighted by atomic mass is 79.9. The van der Waals surface area contributed by atoms with Gasteiger partial charge in [0.25, 0.3) is 0 Å². The van der Waals surface area contributed by atoms with Gasteiger partial charge in [-0.2, -0.15) is 0 Å². The van der Waals surface area contributed by atoms with Gasteiger partial charge in [0.1, 0.15) is 0 Å². The summed E-state index contributed by atoms with van der Waals surface area (Å²) in [4.78, 5) is 11.2. The molecule has 1 aromatic carbocycles. The first-order valence-corrected chi connectivity index (χ1v) is 7.14. The highest BCUT2D eigenvalue weighted by Crippen LogP contribution is 2.32. The Hall–Kier alpha value is -1.03. The largest absolute Gasteiger partial charge is 0.478 e. The number of halogens is 1. The lowest BCUT2D eigenvalue weighted by Gasteiger charge is -2.18. The lowest BCUT2D eigenvalue weighted by atomic mass is 9.98. The van der Waals surface area contributed by atoms with E-state index < -0.39 is 5.97 Å². The molecule has 4 heteroatoms. The van der Waals surface area contributed by atoms with Crippen molar-refractivity contribution < 1.29 is 9.90 Å². The molecule has 1 aliphatic rings. The van der Waals surface area contributed by atoms with E-state index in [1.807, 2.05) is 12.1 Å². The minimum atomic E-state index is -0.899. The highest BCUT2D eigenvalue weighted by Gasteiger charge is 2.23. The molecule has 0 heterocycles. The minimum absolute atomic E-state index is 0.322. The molecule has 1 fully saturated rings. The van der Waals surface area contributed by atoms with E-state index >= 15 is 0 Å². The number of rotatable bonds is 4. The van der Waals surface area contributed by atoms with Crippen molar-refractivity contribution >= 4 is 27.6 Å². The van der Waals surface area contributed by atoms with Gasteiger partial charge in [-0.05, 0) is 46.3 Å². The first kappa shape index (κ1) is 13.4. The number of carbonyl (C=O) groups is 1. The van der Waals surface area contributed by atoms with E-state index in [4.69, 9.17) is 0 Å². The van der Waals surface area contributed by atoms with Crippen LogP contribution in [-0.2, 0) is 0 Å². The number of hydrogen-bond donors (Lipinski definition) is 2. The summed E-state index contributed by atoms with van der Waals surface area (Å²) in [5, 5.41) is 12.5. The standard InChI is InChI=1S/C14H18BrNO2/c1-9-4-2-5-10(9)8-16-12-7-3-6-11(15)13(12)14(17)18/h3,6-7,9-10,16H,2,4-5,8H2,1H3,(H,17,18). The molecule has 2 rings (SSSR count). The Morgan fingerprint density at radius 3 is 2.89 bits per heavy atom. The van der Waals surface area contributed by atoms with Gasteiger partial charge >= 0.3 is 5.97 Å². The Labute approximate surface area is 116 Å². The van der Waals surface area contributed by atoms with Crippen LogP contribution in [0.2, 0.25) is 0 Å². The van der Waals surface area contributed by atoms with E-state index in [-0.39, 0.29) is 0 Å². The molecule has 0 spiro atoms. The predicted octanol–water partition coefficient (Wildman–Crippen LogP) is 4.00. The molecule has 1 saturated carbocycles. The number of hydrogen-bond acceptors (Lipinski definition) is 2. The quantitative estimate of drug-likeness (QED) is 0.883. The van der Waals surface area contributed by atoms with Crippen LogP contribution < -0.4 is 5.32 Å². The molecule has 0 radical (unpaired) electrons. The van der Waals surface area contributed by atoms with Crippen LogP contribution in [0.25, 0.3) is 0 Å². The smallest absolute Gasteiger partial charge is 0.338 e. The van der Waals surface area contributed by atoms with E-state index in [9.17, 15) is 9.90 Å². The van der Waals surface area contributed by atoms with Crippen LogP contribution in [0.4, 0.5) is 5.69 Å². The molecule has 1 aliphatic carbocycles. The lowest BCUT2D eigenvalue weighted by Crippen LogP contribution is -2.18. The van der Waals surface area contributed by atoms with Crippen LogP contribution in [0.5, 0.6) is 0 Å². The molecular weight excluding hydrogens is 294 g/mol. The summed E-state index contributed by atoms with van der Waals surface area (Å²) >= 11 is 3.29.